The van der Waals surface area contributed by atoms with Crippen LogP contribution in [-0.4, -0.2) is 23.4 Å². The number of rotatable bonds is 2. The van der Waals surface area contributed by atoms with Gasteiger partial charge in [0.15, 0.2) is 23.1 Å². The van der Waals surface area contributed by atoms with Crippen molar-refractivity contribution < 1.29 is 14.0 Å². The van der Waals surface area contributed by atoms with E-state index in [4.69, 9.17) is 19.7 Å². The second kappa shape index (κ2) is 4.78. The summed E-state index contributed by atoms with van der Waals surface area (Å²) in [5.74, 6) is 2.40. The second-order valence-corrected chi connectivity index (χ2v) is 5.38. The molecule has 0 bridgehead atoms. The summed E-state index contributed by atoms with van der Waals surface area (Å²) in [4.78, 5) is 4.94. The van der Waals surface area contributed by atoms with Crippen molar-refractivity contribution in [1.82, 2.24) is 10.1 Å². The first-order valence-corrected chi connectivity index (χ1v) is 7.25. The number of aromatic nitrogens is 2. The van der Waals surface area contributed by atoms with Crippen LogP contribution < -0.4 is 15.2 Å². The third kappa shape index (κ3) is 2.02. The first-order valence-electron chi connectivity index (χ1n) is 6.37. The van der Waals surface area contributed by atoms with Crippen LogP contribution in [0, 0.1) is 0 Å². The molecule has 4 rings (SSSR count). The van der Waals surface area contributed by atoms with Gasteiger partial charge in [-0.3, -0.25) is 4.98 Å². The largest absolute Gasteiger partial charge is 0.486 e. The van der Waals surface area contributed by atoms with Crippen LogP contribution in [0.4, 0.5) is 5.82 Å². The number of anilines is 1. The van der Waals surface area contributed by atoms with E-state index in [0.717, 1.165) is 21.8 Å². The Hall–Kier alpha value is -2.54. The SMILES string of the molecule is Nc1noc(-c2cncs2)c1-c1ccc2c(c1)OCCO2. The van der Waals surface area contributed by atoms with Gasteiger partial charge in [0.25, 0.3) is 0 Å². The van der Waals surface area contributed by atoms with Gasteiger partial charge in [-0.2, -0.15) is 0 Å². The van der Waals surface area contributed by atoms with Gasteiger partial charge in [0.1, 0.15) is 13.2 Å². The number of hydrogen-bond acceptors (Lipinski definition) is 7. The predicted octanol–water partition coefficient (Wildman–Crippen LogP) is 2.82. The lowest BCUT2D eigenvalue weighted by Gasteiger charge is -2.18. The normalized spacial score (nSPS) is 13.3. The van der Waals surface area contributed by atoms with E-state index < -0.39 is 0 Å². The average molecular weight is 301 g/mol. The van der Waals surface area contributed by atoms with E-state index in [-0.39, 0.29) is 0 Å². The highest BCUT2D eigenvalue weighted by Crippen LogP contribution is 2.41. The third-order valence-corrected chi connectivity index (χ3v) is 3.98. The first-order chi connectivity index (χ1) is 10.3. The molecule has 1 aliphatic rings. The molecule has 0 unspecified atom stereocenters. The third-order valence-electron chi connectivity index (χ3n) is 3.21. The lowest BCUT2D eigenvalue weighted by atomic mass is 10.0. The molecule has 3 heterocycles. The highest BCUT2D eigenvalue weighted by atomic mass is 32.1. The Labute approximate surface area is 124 Å². The zero-order chi connectivity index (χ0) is 14.2. The summed E-state index contributed by atoms with van der Waals surface area (Å²) in [6.45, 7) is 1.10. The quantitative estimate of drug-likeness (QED) is 0.783. The maximum atomic E-state index is 5.96. The molecule has 1 aromatic carbocycles. The van der Waals surface area contributed by atoms with E-state index in [0.29, 0.717) is 30.5 Å². The number of fused-ring (bicyclic) bond motifs is 1. The van der Waals surface area contributed by atoms with Crippen molar-refractivity contribution in [2.45, 2.75) is 0 Å². The number of nitrogens with zero attached hydrogens (tertiary/aromatic N) is 2. The molecule has 0 fully saturated rings. The van der Waals surface area contributed by atoms with Gasteiger partial charge < -0.3 is 19.7 Å². The minimum Gasteiger partial charge on any atom is -0.486 e. The second-order valence-electron chi connectivity index (χ2n) is 4.50. The summed E-state index contributed by atoms with van der Waals surface area (Å²) < 4.78 is 16.5. The van der Waals surface area contributed by atoms with E-state index >= 15 is 0 Å². The standard InChI is InChI=1S/C14H11N3O3S/c15-14-12(13(20-17-14)11-6-16-7-21-11)8-1-2-9-10(5-8)19-4-3-18-9/h1-2,5-7H,3-4H2,(H2,15,17). The lowest BCUT2D eigenvalue weighted by molar-refractivity contribution is 0.171. The van der Waals surface area contributed by atoms with Crippen LogP contribution in [0.3, 0.4) is 0 Å². The van der Waals surface area contributed by atoms with Crippen molar-refractivity contribution in [2.24, 2.45) is 0 Å². The van der Waals surface area contributed by atoms with Gasteiger partial charge in [0, 0.05) is 6.20 Å². The van der Waals surface area contributed by atoms with Crippen LogP contribution in [0.15, 0.2) is 34.4 Å². The molecule has 0 radical (unpaired) electrons. The molecule has 0 amide bonds. The van der Waals surface area contributed by atoms with Crippen molar-refractivity contribution >= 4 is 17.2 Å². The molecule has 0 aliphatic carbocycles. The monoisotopic (exact) mass is 301 g/mol. The minimum absolute atomic E-state index is 0.343. The molecular weight excluding hydrogens is 290 g/mol. The number of benzene rings is 1. The molecule has 2 aromatic heterocycles. The average Bonchev–Trinajstić information content (AvgIpc) is 3.16. The van der Waals surface area contributed by atoms with Gasteiger partial charge >= 0.3 is 0 Å². The number of hydrogen-bond donors (Lipinski definition) is 1. The van der Waals surface area contributed by atoms with Gasteiger partial charge in [-0.05, 0) is 17.7 Å². The molecule has 1 aliphatic heterocycles. The van der Waals surface area contributed by atoms with Crippen LogP contribution in [0.1, 0.15) is 0 Å². The molecule has 21 heavy (non-hydrogen) atoms. The van der Waals surface area contributed by atoms with Gasteiger partial charge in [-0.25, -0.2) is 0 Å². The summed E-state index contributed by atoms with van der Waals surface area (Å²) in [5.41, 5.74) is 9.32. The minimum atomic E-state index is 0.343. The van der Waals surface area contributed by atoms with Crippen LogP contribution in [0.2, 0.25) is 0 Å². The zero-order valence-electron chi connectivity index (χ0n) is 10.9. The summed E-state index contributed by atoms with van der Waals surface area (Å²) in [7, 11) is 0. The number of nitrogens with two attached hydrogens (primary N) is 1. The molecule has 0 spiro atoms. The smallest absolute Gasteiger partial charge is 0.188 e. The first kappa shape index (κ1) is 12.2. The topological polar surface area (TPSA) is 83.4 Å². The van der Waals surface area contributed by atoms with Crippen molar-refractivity contribution in [3.63, 3.8) is 0 Å². The molecule has 106 valence electrons. The van der Waals surface area contributed by atoms with Crippen molar-refractivity contribution in [1.29, 1.82) is 0 Å². The van der Waals surface area contributed by atoms with E-state index in [1.165, 1.54) is 11.3 Å². The van der Waals surface area contributed by atoms with Gasteiger partial charge in [0.05, 0.1) is 16.0 Å². The van der Waals surface area contributed by atoms with Crippen LogP contribution in [0.5, 0.6) is 11.5 Å². The lowest BCUT2D eigenvalue weighted by Crippen LogP contribution is -2.15. The molecule has 7 heteroatoms. The van der Waals surface area contributed by atoms with E-state index in [1.807, 2.05) is 18.2 Å². The van der Waals surface area contributed by atoms with Crippen molar-refractivity contribution in [3.05, 3.63) is 29.9 Å². The Kier molecular flexibility index (Phi) is 2.78. The molecule has 0 saturated carbocycles. The van der Waals surface area contributed by atoms with Crippen molar-refractivity contribution in [2.75, 3.05) is 18.9 Å². The Balaban J connectivity index is 1.85. The summed E-state index contributed by atoms with van der Waals surface area (Å²) in [6, 6.07) is 5.68. The molecule has 6 nitrogen and oxygen atoms in total. The van der Waals surface area contributed by atoms with Gasteiger partial charge in [0.2, 0.25) is 0 Å². The van der Waals surface area contributed by atoms with Crippen LogP contribution in [0.25, 0.3) is 21.8 Å². The van der Waals surface area contributed by atoms with E-state index in [1.54, 1.807) is 11.7 Å². The maximum absolute atomic E-state index is 5.96. The highest BCUT2D eigenvalue weighted by molar-refractivity contribution is 7.13. The van der Waals surface area contributed by atoms with E-state index in [9.17, 15) is 0 Å². The summed E-state index contributed by atoms with van der Waals surface area (Å²) >= 11 is 1.47. The molecule has 0 atom stereocenters. The summed E-state index contributed by atoms with van der Waals surface area (Å²) in [6.07, 6.45) is 1.73. The van der Waals surface area contributed by atoms with Crippen molar-refractivity contribution in [3.8, 4) is 33.3 Å². The fraction of sp³-hybridized carbons (Fsp3) is 0.143. The fourth-order valence-corrected chi connectivity index (χ4v) is 2.88. The zero-order valence-corrected chi connectivity index (χ0v) is 11.7. The van der Waals surface area contributed by atoms with E-state index in [2.05, 4.69) is 10.1 Å². The highest BCUT2D eigenvalue weighted by Gasteiger charge is 2.21. The number of ether oxygens (including phenoxy) is 2. The van der Waals surface area contributed by atoms with Crippen LogP contribution >= 0.6 is 11.3 Å². The number of nitrogen functional groups attached to an aromatic ring is 1. The number of thiazole rings is 1. The molecule has 0 saturated heterocycles. The Morgan fingerprint density at radius 1 is 1.14 bits per heavy atom. The Bertz CT molecular complexity index is 783. The Morgan fingerprint density at radius 3 is 2.81 bits per heavy atom. The predicted molar refractivity (Wildman–Crippen MR) is 78.4 cm³/mol. The molecule has 3 aromatic rings. The molecule has 2 N–H and O–H groups in total. The van der Waals surface area contributed by atoms with Gasteiger partial charge in [-0.1, -0.05) is 11.2 Å². The fourth-order valence-electron chi connectivity index (χ4n) is 2.28. The van der Waals surface area contributed by atoms with Gasteiger partial charge in [-0.15, -0.1) is 11.3 Å². The Morgan fingerprint density at radius 2 is 2.00 bits per heavy atom. The summed E-state index contributed by atoms with van der Waals surface area (Å²) in [5, 5.41) is 3.87. The van der Waals surface area contributed by atoms with Crippen LogP contribution in [-0.2, 0) is 0 Å². The molecular formula is C14H11N3O3S. The maximum Gasteiger partial charge on any atom is 0.188 e.